The van der Waals surface area contributed by atoms with E-state index in [2.05, 4.69) is 29.0 Å². The van der Waals surface area contributed by atoms with Crippen LogP contribution in [-0.4, -0.2) is 62.7 Å². The zero-order chi connectivity index (χ0) is 22.1. The van der Waals surface area contributed by atoms with Crippen molar-refractivity contribution in [3.63, 3.8) is 0 Å². The summed E-state index contributed by atoms with van der Waals surface area (Å²) in [6.07, 6.45) is 0.941. The normalized spacial score (nSPS) is 14.2. The molecule has 0 aromatic heterocycles. The van der Waals surface area contributed by atoms with E-state index >= 15 is 0 Å². The topological polar surface area (TPSA) is 71.1 Å². The van der Waals surface area contributed by atoms with Gasteiger partial charge in [0.1, 0.15) is 5.75 Å². The van der Waals surface area contributed by atoms with Gasteiger partial charge in [-0.05, 0) is 54.9 Å². The van der Waals surface area contributed by atoms with Crippen LogP contribution in [0.25, 0.3) is 0 Å². The van der Waals surface area contributed by atoms with Crippen LogP contribution >= 0.6 is 0 Å². The van der Waals surface area contributed by atoms with E-state index in [1.54, 1.807) is 0 Å². The van der Waals surface area contributed by atoms with Gasteiger partial charge < -0.3 is 24.6 Å². The Morgan fingerprint density at radius 2 is 1.58 bits per heavy atom. The minimum absolute atomic E-state index is 0.237. The summed E-state index contributed by atoms with van der Waals surface area (Å²) >= 11 is 0. The molecule has 1 amide bonds. The first-order valence-corrected chi connectivity index (χ1v) is 10.8. The van der Waals surface area contributed by atoms with Gasteiger partial charge in [-0.1, -0.05) is 26.0 Å². The lowest BCUT2D eigenvalue weighted by Crippen LogP contribution is -2.46. The summed E-state index contributed by atoms with van der Waals surface area (Å²) in [6, 6.07) is 15.3. The average molecular weight is 426 g/mol. The average Bonchev–Trinajstić information content (AvgIpc) is 2.82. The number of carbonyl (C=O) groups is 2. The molecule has 0 bridgehead atoms. The van der Waals surface area contributed by atoms with Crippen molar-refractivity contribution in [2.45, 2.75) is 20.3 Å². The van der Waals surface area contributed by atoms with Crippen LogP contribution in [0.5, 0.6) is 5.75 Å². The molecule has 7 nitrogen and oxygen atoms in total. The number of nitrogens with one attached hydrogen (secondary N) is 1. The number of anilines is 2. The Bertz CT molecular complexity index is 844. The number of likely N-dealkylation sites (N-methyl/N-ethyl adjacent to an activating group) is 1. The molecule has 1 aliphatic heterocycles. The molecular weight excluding hydrogens is 394 g/mol. The molecule has 166 valence electrons. The van der Waals surface area contributed by atoms with Crippen LogP contribution in [0, 0.1) is 0 Å². The standard InChI is InChI=1S/C24H31N3O4/c1-3-19-5-11-22(12-6-19)30-18-24(29)31-17-23(28)25-20-7-9-21(10-8-20)27-15-13-26(4-2)14-16-27/h5-12H,3-4,13-18H2,1-2H3,(H,25,28). The molecule has 1 fully saturated rings. The fourth-order valence-electron chi connectivity index (χ4n) is 3.43. The monoisotopic (exact) mass is 425 g/mol. The van der Waals surface area contributed by atoms with Crippen molar-refractivity contribution < 1.29 is 19.1 Å². The van der Waals surface area contributed by atoms with Gasteiger partial charge in [0.2, 0.25) is 0 Å². The maximum atomic E-state index is 12.1. The number of benzene rings is 2. The van der Waals surface area contributed by atoms with Gasteiger partial charge in [0.15, 0.2) is 13.2 Å². The summed E-state index contributed by atoms with van der Waals surface area (Å²) in [7, 11) is 0. The number of aryl methyl sites for hydroxylation is 1. The van der Waals surface area contributed by atoms with E-state index < -0.39 is 5.97 Å². The van der Waals surface area contributed by atoms with Crippen LogP contribution in [0.1, 0.15) is 19.4 Å². The molecule has 0 radical (unpaired) electrons. The maximum absolute atomic E-state index is 12.1. The minimum Gasteiger partial charge on any atom is -0.482 e. The molecule has 3 rings (SSSR count). The highest BCUT2D eigenvalue weighted by Gasteiger charge is 2.16. The molecule has 0 aliphatic carbocycles. The molecule has 1 saturated heterocycles. The molecule has 0 atom stereocenters. The number of esters is 1. The van der Waals surface area contributed by atoms with E-state index in [9.17, 15) is 9.59 Å². The third kappa shape index (κ3) is 7.00. The van der Waals surface area contributed by atoms with Gasteiger partial charge in [-0.15, -0.1) is 0 Å². The summed E-state index contributed by atoms with van der Waals surface area (Å²) in [4.78, 5) is 28.7. The van der Waals surface area contributed by atoms with Crippen LogP contribution in [0.4, 0.5) is 11.4 Å². The zero-order valence-corrected chi connectivity index (χ0v) is 18.3. The Balaban J connectivity index is 1.37. The highest BCUT2D eigenvalue weighted by molar-refractivity contribution is 5.93. The molecule has 1 N–H and O–H groups in total. The second-order valence-electron chi connectivity index (χ2n) is 7.46. The molecule has 2 aromatic rings. The van der Waals surface area contributed by atoms with Crippen molar-refractivity contribution in [1.29, 1.82) is 0 Å². The van der Waals surface area contributed by atoms with Gasteiger partial charge in [0, 0.05) is 37.6 Å². The van der Waals surface area contributed by atoms with Crippen LogP contribution in [-0.2, 0) is 20.7 Å². The molecule has 0 unspecified atom stereocenters. The Kier molecular flexibility index (Phi) is 8.29. The van der Waals surface area contributed by atoms with Gasteiger partial charge in [0.05, 0.1) is 0 Å². The number of piperazine rings is 1. The molecule has 0 saturated carbocycles. The van der Waals surface area contributed by atoms with Crippen molar-refractivity contribution >= 4 is 23.3 Å². The predicted molar refractivity (Wildman–Crippen MR) is 122 cm³/mol. The summed E-state index contributed by atoms with van der Waals surface area (Å²) < 4.78 is 10.4. The van der Waals surface area contributed by atoms with Crippen molar-refractivity contribution in [3.05, 3.63) is 54.1 Å². The van der Waals surface area contributed by atoms with Gasteiger partial charge >= 0.3 is 5.97 Å². The number of hydrogen-bond donors (Lipinski definition) is 1. The van der Waals surface area contributed by atoms with E-state index in [0.717, 1.165) is 44.8 Å². The first kappa shape index (κ1) is 22.6. The zero-order valence-electron chi connectivity index (χ0n) is 18.3. The van der Waals surface area contributed by atoms with E-state index in [1.165, 1.54) is 5.56 Å². The van der Waals surface area contributed by atoms with Crippen molar-refractivity contribution in [1.82, 2.24) is 4.90 Å². The molecule has 0 spiro atoms. The second-order valence-corrected chi connectivity index (χ2v) is 7.46. The van der Waals surface area contributed by atoms with Gasteiger partial charge in [-0.3, -0.25) is 4.79 Å². The van der Waals surface area contributed by atoms with Crippen LogP contribution in [0.15, 0.2) is 48.5 Å². The molecule has 1 aliphatic rings. The Morgan fingerprint density at radius 3 is 2.19 bits per heavy atom. The number of amides is 1. The number of ether oxygens (including phenoxy) is 2. The summed E-state index contributed by atoms with van der Waals surface area (Å²) in [5.41, 5.74) is 3.01. The van der Waals surface area contributed by atoms with Crippen molar-refractivity contribution in [3.8, 4) is 5.75 Å². The highest BCUT2D eigenvalue weighted by atomic mass is 16.6. The van der Waals surface area contributed by atoms with E-state index in [4.69, 9.17) is 9.47 Å². The minimum atomic E-state index is -0.587. The predicted octanol–water partition coefficient (Wildman–Crippen LogP) is 2.95. The van der Waals surface area contributed by atoms with Gasteiger partial charge in [-0.25, -0.2) is 4.79 Å². The Hall–Kier alpha value is -3.06. The smallest absolute Gasteiger partial charge is 0.344 e. The SMILES string of the molecule is CCc1ccc(OCC(=O)OCC(=O)Nc2ccc(N3CCN(CC)CC3)cc2)cc1. The largest absolute Gasteiger partial charge is 0.482 e. The molecule has 1 heterocycles. The lowest BCUT2D eigenvalue weighted by atomic mass is 10.2. The summed E-state index contributed by atoms with van der Waals surface area (Å²) in [6.45, 7) is 8.88. The Labute approximate surface area is 183 Å². The fraction of sp³-hybridized carbons (Fsp3) is 0.417. The molecule has 7 heteroatoms. The van der Waals surface area contributed by atoms with Gasteiger partial charge in [0.25, 0.3) is 5.91 Å². The fourth-order valence-corrected chi connectivity index (χ4v) is 3.43. The molecular formula is C24H31N3O4. The van der Waals surface area contributed by atoms with Crippen molar-refractivity contribution in [2.75, 3.05) is 56.2 Å². The van der Waals surface area contributed by atoms with Crippen LogP contribution < -0.4 is 15.0 Å². The first-order valence-electron chi connectivity index (χ1n) is 10.8. The summed E-state index contributed by atoms with van der Waals surface area (Å²) in [5, 5.41) is 2.75. The van der Waals surface area contributed by atoms with E-state index in [1.807, 2.05) is 48.5 Å². The van der Waals surface area contributed by atoms with Crippen molar-refractivity contribution in [2.24, 2.45) is 0 Å². The number of rotatable bonds is 9. The maximum Gasteiger partial charge on any atom is 0.344 e. The van der Waals surface area contributed by atoms with E-state index in [0.29, 0.717) is 11.4 Å². The quantitative estimate of drug-likeness (QED) is 0.623. The molecule has 2 aromatic carbocycles. The van der Waals surface area contributed by atoms with Crippen LogP contribution in [0.3, 0.4) is 0 Å². The Morgan fingerprint density at radius 1 is 0.903 bits per heavy atom. The lowest BCUT2D eigenvalue weighted by molar-refractivity contribution is -0.149. The second kappa shape index (κ2) is 11.4. The number of carbonyl (C=O) groups excluding carboxylic acids is 2. The molecule has 31 heavy (non-hydrogen) atoms. The third-order valence-electron chi connectivity index (χ3n) is 5.39. The van der Waals surface area contributed by atoms with E-state index in [-0.39, 0.29) is 19.1 Å². The number of hydrogen-bond acceptors (Lipinski definition) is 6. The third-order valence-corrected chi connectivity index (χ3v) is 5.39. The first-order chi connectivity index (χ1) is 15.1. The number of nitrogens with zero attached hydrogens (tertiary/aromatic N) is 2. The summed E-state index contributed by atoms with van der Waals surface area (Å²) in [5.74, 6) is -0.379. The lowest BCUT2D eigenvalue weighted by Gasteiger charge is -2.35. The van der Waals surface area contributed by atoms with Crippen LogP contribution in [0.2, 0.25) is 0 Å². The highest BCUT2D eigenvalue weighted by Crippen LogP contribution is 2.19. The van der Waals surface area contributed by atoms with Gasteiger partial charge in [-0.2, -0.15) is 0 Å².